The molecule has 1 aromatic carbocycles. The molecule has 5 amide bonds. The molecule has 452 valence electrons. The molecule has 1 aromatic rings. The molecule has 0 aliphatic carbocycles. The summed E-state index contributed by atoms with van der Waals surface area (Å²) in [5.74, 6) is -2.36. The van der Waals surface area contributed by atoms with E-state index in [2.05, 4.69) is 34.4 Å². The largest absolute Gasteiger partial charge is 0.445 e. The molecule has 11 rings (SSSR count). The van der Waals surface area contributed by atoms with Crippen LogP contribution in [0.15, 0.2) is 48.6 Å². The number of amides is 5. The number of nitrogens with one attached hydrogen (secondary N) is 4. The lowest BCUT2D eigenvalue weighted by atomic mass is 9.83. The molecule has 10 heterocycles. The molecule has 82 heavy (non-hydrogen) atoms. The molecular weight excluding hydrogens is 1060 g/mol. The highest BCUT2D eigenvalue weighted by molar-refractivity contribution is 5.93. The SMILES string of the molecule is C=C1C[C@@H]2CC[C@@]34C[C@H]5OC6C(O[C@H]7CC[C@H](CC(=O)C[C@@H]8[C@@H](OC)[C@@H](C[C@H](O)CNC(=O)OCc9ccc(CC(=O)[C@H](CCCNC(N)=O)NC(=O)[C@H](CC)NC(C)=O)cc9)O[C@H]8C[C@H]8O[C@H](CCC8=C)CC[C@@H]1O2)O[C@@H]7[C@@H]6O3)[C@H]5O4. The van der Waals surface area contributed by atoms with Crippen molar-refractivity contribution < 1.29 is 81.2 Å². The summed E-state index contributed by atoms with van der Waals surface area (Å²) in [6, 6.07) is 4.48. The van der Waals surface area contributed by atoms with Crippen LogP contribution in [-0.2, 0) is 79.6 Å². The van der Waals surface area contributed by atoms with E-state index in [4.69, 9.17) is 53.1 Å². The highest BCUT2D eigenvalue weighted by Crippen LogP contribution is 2.54. The summed E-state index contributed by atoms with van der Waals surface area (Å²) in [4.78, 5) is 76.9. The number of benzene rings is 1. The molecule has 10 fully saturated rings. The quantitative estimate of drug-likeness (QED) is 0.0890. The van der Waals surface area contributed by atoms with Crippen molar-refractivity contribution in [1.29, 1.82) is 0 Å². The number of aliphatic hydroxyl groups is 1. The Morgan fingerprint density at radius 1 is 0.768 bits per heavy atom. The average Bonchev–Trinajstić information content (AvgIpc) is 1.98. The highest BCUT2D eigenvalue weighted by atomic mass is 16.8. The van der Waals surface area contributed by atoms with Crippen LogP contribution in [0.5, 0.6) is 0 Å². The number of nitrogens with two attached hydrogens (primary N) is 1. The van der Waals surface area contributed by atoms with E-state index in [1.54, 1.807) is 38.3 Å². The van der Waals surface area contributed by atoms with Gasteiger partial charge in [0.1, 0.15) is 49.0 Å². The minimum Gasteiger partial charge on any atom is -0.445 e. The van der Waals surface area contributed by atoms with Crippen molar-refractivity contribution in [2.24, 2.45) is 11.7 Å². The molecular formula is C60H85N5O17. The third kappa shape index (κ3) is 14.3. The zero-order valence-electron chi connectivity index (χ0n) is 47.6. The molecule has 7 N–H and O–H groups in total. The van der Waals surface area contributed by atoms with Crippen LogP contribution in [0.3, 0.4) is 0 Å². The molecule has 10 aliphatic heterocycles. The molecule has 0 saturated carbocycles. The topological polar surface area (TPSA) is 289 Å². The number of ether oxygens (including phenoxy) is 10. The van der Waals surface area contributed by atoms with Gasteiger partial charge in [-0.25, -0.2) is 9.59 Å². The van der Waals surface area contributed by atoms with Crippen molar-refractivity contribution in [3.63, 3.8) is 0 Å². The number of primary amides is 1. The summed E-state index contributed by atoms with van der Waals surface area (Å²) in [6.07, 6.45) is 2.83. The Balaban J connectivity index is 0.750. The Morgan fingerprint density at radius 3 is 2.27 bits per heavy atom. The van der Waals surface area contributed by atoms with Gasteiger partial charge in [-0.3, -0.25) is 19.2 Å². The lowest BCUT2D eigenvalue weighted by Crippen LogP contribution is -2.61. The molecule has 10 saturated heterocycles. The monoisotopic (exact) mass is 1150 g/mol. The number of ketones is 2. The van der Waals surface area contributed by atoms with Crippen LogP contribution in [0.1, 0.15) is 134 Å². The Labute approximate surface area is 479 Å². The van der Waals surface area contributed by atoms with E-state index in [1.807, 2.05) is 0 Å². The standard InChI is InChI=1S/C60H85N5O17/c1-6-42(64-33(4)66)57(70)65-43(8-7-21-62-58(61)71)44(69)23-34-10-12-35(13-11-34)30-74-59(72)63-29-37(68)26-49-51(73-5)41-25-36(67)24-39-16-18-46-52(77-39)56-55-54(79-46)53-50(80-55)28-60(81-53,82-56)20-19-40-22-32(3)45(76-40)17-15-38-14-9-31(2)47(75-38)27-48(41)78-49/h10-13,37-43,45-56,68H,2-3,6-9,14-30H2,1,4-5H3,(H,63,72)(H,64,66)(H,65,70)(H3,61,62,71)/t37-,38+,39+,40-,41-,42-,43-,45-,46-,47+,48-,49+,50+,51+,52-,53-,54?,55?,56-,60-/m0/s1. The maximum absolute atomic E-state index is 14.4. The summed E-state index contributed by atoms with van der Waals surface area (Å²) in [6.45, 7) is 11.9. The van der Waals surface area contributed by atoms with E-state index in [9.17, 15) is 33.9 Å². The number of carbonyl (C=O) groups is 6. The van der Waals surface area contributed by atoms with Gasteiger partial charge in [0, 0.05) is 78.0 Å². The zero-order chi connectivity index (χ0) is 57.8. The fraction of sp³-hybridized carbons (Fsp3) is 0.733. The van der Waals surface area contributed by atoms with Crippen molar-refractivity contribution in [3.8, 4) is 0 Å². The van der Waals surface area contributed by atoms with Gasteiger partial charge in [0.2, 0.25) is 11.8 Å². The molecule has 20 atom stereocenters. The van der Waals surface area contributed by atoms with E-state index in [-0.39, 0.29) is 136 Å². The number of Topliss-reactive ketones (excluding diaryl/α,β-unsaturated/α-hetero) is 2. The molecule has 0 radical (unpaired) electrons. The van der Waals surface area contributed by atoms with Crippen LogP contribution in [-0.4, -0.2) is 176 Å². The summed E-state index contributed by atoms with van der Waals surface area (Å²) in [5.41, 5.74) is 8.54. The van der Waals surface area contributed by atoms with Gasteiger partial charge in [0.15, 0.2) is 11.6 Å². The van der Waals surface area contributed by atoms with Crippen LogP contribution < -0.4 is 27.0 Å². The van der Waals surface area contributed by atoms with Crippen LogP contribution in [0.2, 0.25) is 0 Å². The second kappa shape index (κ2) is 26.6. The summed E-state index contributed by atoms with van der Waals surface area (Å²) in [7, 11) is 1.59. The van der Waals surface area contributed by atoms with Crippen molar-refractivity contribution in [3.05, 3.63) is 59.7 Å². The van der Waals surface area contributed by atoms with Crippen LogP contribution in [0.25, 0.3) is 0 Å². The Hall–Kier alpha value is -4.88. The van der Waals surface area contributed by atoms with Crippen LogP contribution >= 0.6 is 0 Å². The van der Waals surface area contributed by atoms with Crippen LogP contribution in [0, 0.1) is 5.92 Å². The number of hydrogen-bond acceptors (Lipinski definition) is 17. The number of hydrogen-bond donors (Lipinski definition) is 6. The Bertz CT molecular complexity index is 2500. The molecule has 22 nitrogen and oxygen atoms in total. The minimum atomic E-state index is -1.07. The lowest BCUT2D eigenvalue weighted by Gasteiger charge is -2.47. The molecule has 10 aliphatic rings. The number of methoxy groups -OCH3 is 1. The van der Waals surface area contributed by atoms with E-state index in [0.29, 0.717) is 56.1 Å². The van der Waals surface area contributed by atoms with Gasteiger partial charge in [-0.1, -0.05) is 44.3 Å². The summed E-state index contributed by atoms with van der Waals surface area (Å²) in [5, 5.41) is 21.9. The fourth-order valence-corrected chi connectivity index (χ4v) is 14.2. The number of alkyl carbamates (subject to hydrolysis) is 1. The second-order valence-corrected chi connectivity index (χ2v) is 24.2. The first kappa shape index (κ1) is 60.2. The van der Waals surface area contributed by atoms with Gasteiger partial charge >= 0.3 is 12.1 Å². The van der Waals surface area contributed by atoms with E-state index in [1.165, 1.54) is 6.92 Å². The van der Waals surface area contributed by atoms with Gasteiger partial charge in [0.25, 0.3) is 0 Å². The third-order valence-corrected chi connectivity index (χ3v) is 18.3. The summed E-state index contributed by atoms with van der Waals surface area (Å²) < 4.78 is 66.0. The highest BCUT2D eigenvalue weighted by Gasteiger charge is 2.69. The van der Waals surface area contributed by atoms with Crippen molar-refractivity contribution in [2.75, 3.05) is 20.2 Å². The van der Waals surface area contributed by atoms with Crippen molar-refractivity contribution in [2.45, 2.75) is 252 Å². The Morgan fingerprint density at radius 2 is 1.50 bits per heavy atom. The minimum absolute atomic E-state index is 0.00819. The van der Waals surface area contributed by atoms with Crippen molar-refractivity contribution >= 4 is 35.5 Å². The second-order valence-electron chi connectivity index (χ2n) is 24.2. The van der Waals surface area contributed by atoms with E-state index < -0.39 is 72.5 Å². The maximum atomic E-state index is 14.4. The first-order chi connectivity index (χ1) is 39.4. The van der Waals surface area contributed by atoms with Gasteiger partial charge in [-0.05, 0) is 92.9 Å². The number of fused-ring (bicyclic) bond motifs is 6. The summed E-state index contributed by atoms with van der Waals surface area (Å²) >= 11 is 0. The fourth-order valence-electron chi connectivity index (χ4n) is 14.2. The Kier molecular flexibility index (Phi) is 19.5. The predicted molar refractivity (Wildman–Crippen MR) is 293 cm³/mol. The molecule has 12 bridgehead atoms. The maximum Gasteiger partial charge on any atom is 0.407 e. The molecule has 0 aromatic heterocycles. The van der Waals surface area contributed by atoms with E-state index in [0.717, 1.165) is 49.7 Å². The van der Waals surface area contributed by atoms with Gasteiger partial charge in [-0.15, -0.1) is 0 Å². The van der Waals surface area contributed by atoms with Gasteiger partial charge in [0.05, 0.1) is 73.2 Å². The smallest absolute Gasteiger partial charge is 0.407 e. The number of aliphatic hydroxyl groups excluding tert-OH is 1. The number of carbonyl (C=O) groups excluding carboxylic acids is 6. The van der Waals surface area contributed by atoms with Crippen LogP contribution in [0.4, 0.5) is 9.59 Å². The zero-order valence-corrected chi connectivity index (χ0v) is 47.6. The number of urea groups is 1. The lowest BCUT2D eigenvalue weighted by molar-refractivity contribution is -0.292. The molecule has 1 spiro atoms. The molecule has 2 unspecified atom stereocenters. The average molecular weight is 1150 g/mol. The predicted octanol–water partition coefficient (Wildman–Crippen LogP) is 4.12. The van der Waals surface area contributed by atoms with E-state index >= 15 is 0 Å². The first-order valence-corrected chi connectivity index (χ1v) is 29.9. The van der Waals surface area contributed by atoms with Gasteiger partial charge < -0.3 is 79.5 Å². The molecule has 22 heteroatoms. The van der Waals surface area contributed by atoms with Gasteiger partial charge in [-0.2, -0.15) is 0 Å². The number of rotatable bonds is 18. The van der Waals surface area contributed by atoms with Crippen molar-refractivity contribution in [1.82, 2.24) is 21.3 Å². The first-order valence-electron chi connectivity index (χ1n) is 29.9. The third-order valence-electron chi connectivity index (χ3n) is 18.3. The normalized spacial score (nSPS) is 37.0.